The molecule has 1 atom stereocenters. The van der Waals surface area contributed by atoms with Crippen LogP contribution >= 0.6 is 0 Å². The van der Waals surface area contributed by atoms with E-state index in [0.717, 1.165) is 112 Å². The lowest BCUT2D eigenvalue weighted by atomic mass is 9.91. The number of carbonyl (C=O) groups is 6. The molecule has 7 rings (SSSR count). The summed E-state index contributed by atoms with van der Waals surface area (Å²) in [5.74, 6) is 4.87. The van der Waals surface area contributed by atoms with Crippen LogP contribution in [0.5, 0.6) is 0 Å². The number of fused-ring (bicyclic) bond motifs is 1. The number of rotatable bonds is 14. The van der Waals surface area contributed by atoms with Gasteiger partial charge < -0.3 is 15.1 Å². The number of hydrogen-bond acceptors (Lipinski definition) is 9. The standard InChI is InChI=1S/C47H53N7O6/c55-42(19-12-36-10-7-23-48-33-36)49-24-5-4-8-34-21-26-53(27-22-34)45(58)37-13-15-38(16-14-37)52-30-28-51(29-31-52)25-6-2-1-3-9-35-11-17-39-40(32-35)47(60)54(46(39)59)41-18-20-43(56)50-44(41)57/h7,10-17,19,23,32-34,41H,1-2,4-6,8,18,20-22,24-31H2,(H,49,55)(H,50,56,57)/b19-12+. The first-order valence-corrected chi connectivity index (χ1v) is 21.3. The highest BCUT2D eigenvalue weighted by molar-refractivity contribution is 6.23. The molecule has 13 heteroatoms. The van der Waals surface area contributed by atoms with Crippen molar-refractivity contribution in [2.24, 2.45) is 5.92 Å². The van der Waals surface area contributed by atoms with E-state index < -0.39 is 29.7 Å². The van der Waals surface area contributed by atoms with Crippen LogP contribution in [0, 0.1) is 17.8 Å². The summed E-state index contributed by atoms with van der Waals surface area (Å²) < 4.78 is 0. The average molecular weight is 812 g/mol. The molecule has 3 aromatic rings. The van der Waals surface area contributed by atoms with Crippen LogP contribution in [0.3, 0.4) is 0 Å². The summed E-state index contributed by atoms with van der Waals surface area (Å²) in [5.41, 5.74) is 3.91. The summed E-state index contributed by atoms with van der Waals surface area (Å²) in [6.07, 6.45) is 14.8. The maximum absolute atomic E-state index is 13.3. The van der Waals surface area contributed by atoms with Crippen molar-refractivity contribution in [3.05, 3.63) is 101 Å². The first kappa shape index (κ1) is 42.0. The number of carbonyl (C=O) groups excluding carboxylic acids is 6. The number of piperidine rings is 2. The van der Waals surface area contributed by atoms with Crippen LogP contribution in [0.1, 0.15) is 106 Å². The fourth-order valence-electron chi connectivity index (χ4n) is 8.39. The molecule has 4 aliphatic heterocycles. The third-order valence-electron chi connectivity index (χ3n) is 11.9. The van der Waals surface area contributed by atoms with Gasteiger partial charge >= 0.3 is 0 Å². The zero-order chi connectivity index (χ0) is 41.8. The molecule has 2 N–H and O–H groups in total. The Morgan fingerprint density at radius 3 is 2.38 bits per heavy atom. The largest absolute Gasteiger partial charge is 0.369 e. The number of benzene rings is 2. The van der Waals surface area contributed by atoms with Gasteiger partial charge in [-0.25, -0.2) is 0 Å². The first-order chi connectivity index (χ1) is 29.2. The number of amides is 6. The number of likely N-dealkylation sites (tertiary alicyclic amines) is 1. The second kappa shape index (κ2) is 20.2. The number of pyridine rings is 1. The van der Waals surface area contributed by atoms with Crippen molar-refractivity contribution < 1.29 is 28.8 Å². The third-order valence-corrected chi connectivity index (χ3v) is 11.9. The van der Waals surface area contributed by atoms with E-state index in [1.807, 2.05) is 29.2 Å². The molecule has 1 aromatic heterocycles. The Balaban J connectivity index is 0.751. The molecule has 4 aliphatic rings. The number of imide groups is 2. The normalized spacial score (nSPS) is 18.7. The molecular weight excluding hydrogens is 759 g/mol. The van der Waals surface area contributed by atoms with Gasteiger partial charge in [-0.2, -0.15) is 0 Å². The van der Waals surface area contributed by atoms with Crippen molar-refractivity contribution in [3.63, 3.8) is 0 Å². The summed E-state index contributed by atoms with van der Waals surface area (Å²) in [5, 5.41) is 5.17. The Morgan fingerprint density at radius 2 is 1.63 bits per heavy atom. The van der Waals surface area contributed by atoms with Crippen LogP contribution in [0.15, 0.2) is 73.1 Å². The summed E-state index contributed by atoms with van der Waals surface area (Å²) in [7, 11) is 0. The van der Waals surface area contributed by atoms with Crippen molar-refractivity contribution in [1.29, 1.82) is 0 Å². The van der Waals surface area contributed by atoms with Gasteiger partial charge in [0.15, 0.2) is 0 Å². The van der Waals surface area contributed by atoms with E-state index in [9.17, 15) is 28.8 Å². The molecule has 312 valence electrons. The van der Waals surface area contributed by atoms with Gasteiger partial charge in [-0.15, -0.1) is 0 Å². The summed E-state index contributed by atoms with van der Waals surface area (Å²) in [6, 6.07) is 15.8. The van der Waals surface area contributed by atoms with Crippen LogP contribution in [-0.2, 0) is 14.4 Å². The lowest BCUT2D eigenvalue weighted by Gasteiger charge is -2.36. The van der Waals surface area contributed by atoms with E-state index in [0.29, 0.717) is 24.4 Å². The van der Waals surface area contributed by atoms with E-state index in [1.54, 1.807) is 42.7 Å². The minimum atomic E-state index is -0.985. The van der Waals surface area contributed by atoms with Crippen LogP contribution < -0.4 is 15.5 Å². The third kappa shape index (κ3) is 10.7. The maximum atomic E-state index is 13.3. The number of unbranched alkanes of at least 4 members (excludes halogenated alkanes) is 3. The number of anilines is 1. The highest BCUT2D eigenvalue weighted by atomic mass is 16.2. The van der Waals surface area contributed by atoms with Gasteiger partial charge in [-0.3, -0.25) is 48.9 Å². The number of nitrogens with zero attached hydrogens (tertiary/aromatic N) is 5. The Bertz CT molecular complexity index is 2150. The zero-order valence-electron chi connectivity index (χ0n) is 34.1. The number of hydrogen-bond donors (Lipinski definition) is 2. The fourth-order valence-corrected chi connectivity index (χ4v) is 8.39. The molecule has 0 aliphatic carbocycles. The highest BCUT2D eigenvalue weighted by Gasteiger charge is 2.44. The lowest BCUT2D eigenvalue weighted by molar-refractivity contribution is -0.136. The lowest BCUT2D eigenvalue weighted by Crippen LogP contribution is -2.54. The Kier molecular flexibility index (Phi) is 14.2. The van der Waals surface area contributed by atoms with E-state index in [-0.39, 0.29) is 35.8 Å². The molecule has 13 nitrogen and oxygen atoms in total. The molecule has 0 spiro atoms. The average Bonchev–Trinajstić information content (AvgIpc) is 3.52. The number of aromatic nitrogens is 1. The van der Waals surface area contributed by atoms with Crippen molar-refractivity contribution >= 4 is 47.2 Å². The van der Waals surface area contributed by atoms with Crippen LogP contribution in [-0.4, -0.2) is 114 Å². The molecule has 0 saturated carbocycles. The molecule has 0 bridgehead atoms. The SMILES string of the molecule is O=C(/C=C/c1cccnc1)NCCCCC1CCN(C(=O)c2ccc(N3CCN(CCCCC#Cc4ccc5c(c4)C(=O)N(C4CCC(=O)NC4=O)C5=O)CC3)cc2)CC1. The second-order valence-corrected chi connectivity index (χ2v) is 16.0. The summed E-state index contributed by atoms with van der Waals surface area (Å²) >= 11 is 0. The molecule has 6 amide bonds. The van der Waals surface area contributed by atoms with Gasteiger partial charge in [0.25, 0.3) is 17.7 Å². The molecule has 5 heterocycles. The van der Waals surface area contributed by atoms with Gasteiger partial charge in [0, 0.05) is 93.9 Å². The fraction of sp³-hybridized carbons (Fsp3) is 0.426. The number of piperazine rings is 1. The summed E-state index contributed by atoms with van der Waals surface area (Å²) in [6.45, 7) is 7.01. The van der Waals surface area contributed by atoms with Gasteiger partial charge in [-0.1, -0.05) is 30.7 Å². The second-order valence-electron chi connectivity index (χ2n) is 16.0. The summed E-state index contributed by atoms with van der Waals surface area (Å²) in [4.78, 5) is 87.2. The molecule has 2 aromatic carbocycles. The van der Waals surface area contributed by atoms with E-state index in [1.165, 1.54) is 0 Å². The predicted molar refractivity (Wildman–Crippen MR) is 228 cm³/mol. The molecular formula is C47H53N7O6. The van der Waals surface area contributed by atoms with E-state index in [4.69, 9.17) is 0 Å². The van der Waals surface area contributed by atoms with Crippen LogP contribution in [0.4, 0.5) is 5.69 Å². The van der Waals surface area contributed by atoms with Crippen LogP contribution in [0.25, 0.3) is 6.08 Å². The molecule has 60 heavy (non-hydrogen) atoms. The maximum Gasteiger partial charge on any atom is 0.262 e. The van der Waals surface area contributed by atoms with Gasteiger partial charge in [0.1, 0.15) is 6.04 Å². The molecule has 3 fully saturated rings. The molecule has 1 unspecified atom stereocenters. The Labute approximate surface area is 351 Å². The van der Waals surface area contributed by atoms with Crippen molar-refractivity contribution in [1.82, 2.24) is 30.3 Å². The van der Waals surface area contributed by atoms with E-state index >= 15 is 0 Å². The number of nitrogens with one attached hydrogen (secondary N) is 2. The van der Waals surface area contributed by atoms with Gasteiger partial charge in [0.05, 0.1) is 11.1 Å². The smallest absolute Gasteiger partial charge is 0.262 e. The van der Waals surface area contributed by atoms with Crippen LogP contribution in [0.2, 0.25) is 0 Å². The zero-order valence-corrected chi connectivity index (χ0v) is 34.1. The minimum absolute atomic E-state index is 0.0825. The Morgan fingerprint density at radius 1 is 0.850 bits per heavy atom. The van der Waals surface area contributed by atoms with Gasteiger partial charge in [0.2, 0.25) is 17.7 Å². The highest BCUT2D eigenvalue weighted by Crippen LogP contribution is 2.29. The van der Waals surface area contributed by atoms with E-state index in [2.05, 4.69) is 49.4 Å². The Hall–Kier alpha value is -6.13. The monoisotopic (exact) mass is 811 g/mol. The quantitative estimate of drug-likeness (QED) is 0.102. The van der Waals surface area contributed by atoms with Crippen molar-refractivity contribution in [2.75, 3.05) is 57.3 Å². The topological polar surface area (TPSA) is 152 Å². The minimum Gasteiger partial charge on any atom is -0.369 e. The predicted octanol–water partition coefficient (Wildman–Crippen LogP) is 4.68. The van der Waals surface area contributed by atoms with Crippen molar-refractivity contribution in [2.45, 2.75) is 70.3 Å². The molecule has 0 radical (unpaired) electrons. The first-order valence-electron chi connectivity index (χ1n) is 21.3. The molecule has 3 saturated heterocycles. The van der Waals surface area contributed by atoms with Crippen molar-refractivity contribution in [3.8, 4) is 11.8 Å². The van der Waals surface area contributed by atoms with Gasteiger partial charge in [-0.05, 0) is 111 Å².